The number of rotatable bonds is 3. The minimum absolute atomic E-state index is 0.422. The molecule has 76 valence electrons. The molecule has 0 bridgehead atoms. The van der Waals surface area contributed by atoms with Crippen LogP contribution in [0.15, 0.2) is 36.8 Å². The van der Waals surface area contributed by atoms with E-state index in [1.807, 2.05) is 24.3 Å². The van der Waals surface area contributed by atoms with Crippen molar-refractivity contribution in [2.45, 2.75) is 0 Å². The number of hydrogen-bond acceptors (Lipinski definition) is 3. The van der Waals surface area contributed by atoms with E-state index < -0.39 is 0 Å². The van der Waals surface area contributed by atoms with Gasteiger partial charge in [0.25, 0.3) is 0 Å². The molecule has 0 spiro atoms. The molecule has 4 heteroatoms. The van der Waals surface area contributed by atoms with Crippen LogP contribution in [0, 0.1) is 0 Å². The average molecular weight is 202 g/mol. The van der Waals surface area contributed by atoms with Crippen molar-refractivity contribution in [2.24, 2.45) is 0 Å². The lowest BCUT2D eigenvalue weighted by atomic mass is 10.3. The number of benzene rings is 1. The van der Waals surface area contributed by atoms with Crippen LogP contribution in [0.25, 0.3) is 5.69 Å². The fourth-order valence-electron chi connectivity index (χ4n) is 1.29. The van der Waals surface area contributed by atoms with Crippen LogP contribution in [-0.4, -0.2) is 22.9 Å². The Morgan fingerprint density at radius 3 is 2.60 bits per heavy atom. The first-order chi connectivity index (χ1) is 7.33. The van der Waals surface area contributed by atoms with E-state index in [1.54, 1.807) is 24.2 Å². The van der Waals surface area contributed by atoms with Crippen molar-refractivity contribution in [3.63, 3.8) is 0 Å². The summed E-state index contributed by atoms with van der Waals surface area (Å²) >= 11 is 0. The molecule has 2 aromatic rings. The Bertz CT molecular complexity index is 460. The minimum Gasteiger partial charge on any atom is -0.497 e. The van der Waals surface area contributed by atoms with Gasteiger partial charge in [-0.3, -0.25) is 4.79 Å². The number of hydrogen-bond donors (Lipinski definition) is 0. The number of aldehydes is 1. The van der Waals surface area contributed by atoms with Gasteiger partial charge < -0.3 is 9.30 Å². The highest BCUT2D eigenvalue weighted by atomic mass is 16.5. The first kappa shape index (κ1) is 9.45. The smallest absolute Gasteiger partial charge is 0.170 e. The molecular weight excluding hydrogens is 192 g/mol. The second-order valence-corrected chi connectivity index (χ2v) is 3.02. The van der Waals surface area contributed by atoms with Gasteiger partial charge in [0.2, 0.25) is 0 Å². The number of imidazole rings is 1. The van der Waals surface area contributed by atoms with Gasteiger partial charge in [-0.1, -0.05) is 0 Å². The summed E-state index contributed by atoms with van der Waals surface area (Å²) in [7, 11) is 1.62. The summed E-state index contributed by atoms with van der Waals surface area (Å²) < 4.78 is 6.83. The van der Waals surface area contributed by atoms with Gasteiger partial charge in [0.05, 0.1) is 7.11 Å². The zero-order chi connectivity index (χ0) is 10.7. The van der Waals surface area contributed by atoms with Gasteiger partial charge in [-0.2, -0.15) is 0 Å². The summed E-state index contributed by atoms with van der Waals surface area (Å²) in [6.07, 6.45) is 4.00. The predicted molar refractivity (Wildman–Crippen MR) is 55.5 cm³/mol. The van der Waals surface area contributed by atoms with Crippen molar-refractivity contribution in [3.8, 4) is 11.4 Å². The van der Waals surface area contributed by atoms with Crippen LogP contribution in [0.2, 0.25) is 0 Å². The zero-order valence-corrected chi connectivity index (χ0v) is 8.25. The summed E-state index contributed by atoms with van der Waals surface area (Å²) in [6, 6.07) is 7.51. The lowest BCUT2D eigenvalue weighted by Crippen LogP contribution is -1.90. The van der Waals surface area contributed by atoms with Crippen LogP contribution in [0.3, 0.4) is 0 Å². The molecule has 0 N–H and O–H groups in total. The van der Waals surface area contributed by atoms with Gasteiger partial charge in [-0.05, 0) is 24.3 Å². The molecule has 0 fully saturated rings. The number of methoxy groups -OCH3 is 1. The lowest BCUT2D eigenvalue weighted by molar-refractivity contribution is 0.111. The standard InChI is InChI=1S/C11H10N2O2/c1-15-11-4-2-10(3-5-11)13-6-9(7-14)12-8-13/h2-8H,1H3. The Balaban J connectivity index is 2.32. The van der Waals surface area contributed by atoms with E-state index >= 15 is 0 Å². The van der Waals surface area contributed by atoms with Crippen molar-refractivity contribution >= 4 is 6.29 Å². The number of ether oxygens (including phenoxy) is 1. The van der Waals surface area contributed by atoms with Crippen LogP contribution < -0.4 is 4.74 Å². The van der Waals surface area contributed by atoms with E-state index in [1.165, 1.54) is 0 Å². The molecule has 0 atom stereocenters. The monoisotopic (exact) mass is 202 g/mol. The molecular formula is C11H10N2O2. The molecule has 0 aliphatic rings. The molecule has 0 aliphatic heterocycles. The molecule has 0 saturated heterocycles. The minimum atomic E-state index is 0.422. The molecule has 1 aromatic heterocycles. The molecule has 15 heavy (non-hydrogen) atoms. The normalized spacial score (nSPS) is 9.93. The molecule has 0 saturated carbocycles. The lowest BCUT2D eigenvalue weighted by Gasteiger charge is -2.03. The summed E-state index contributed by atoms with van der Waals surface area (Å²) in [6.45, 7) is 0. The first-order valence-corrected chi connectivity index (χ1v) is 4.47. The molecule has 1 heterocycles. The Morgan fingerprint density at radius 2 is 2.07 bits per heavy atom. The summed E-state index contributed by atoms with van der Waals surface area (Å²) in [5.41, 5.74) is 1.36. The maximum atomic E-state index is 10.5. The van der Waals surface area contributed by atoms with Crippen molar-refractivity contribution in [1.29, 1.82) is 0 Å². The van der Waals surface area contributed by atoms with Crippen LogP contribution in [0.1, 0.15) is 10.5 Å². The van der Waals surface area contributed by atoms with E-state index in [2.05, 4.69) is 4.98 Å². The highest BCUT2D eigenvalue weighted by molar-refractivity contribution is 5.71. The summed E-state index contributed by atoms with van der Waals surface area (Å²) in [5.74, 6) is 0.800. The van der Waals surface area contributed by atoms with Gasteiger partial charge >= 0.3 is 0 Å². The average Bonchev–Trinajstić information content (AvgIpc) is 2.78. The van der Waals surface area contributed by atoms with E-state index in [4.69, 9.17) is 4.74 Å². The third-order valence-electron chi connectivity index (χ3n) is 2.09. The number of aromatic nitrogens is 2. The van der Waals surface area contributed by atoms with Gasteiger partial charge in [-0.25, -0.2) is 4.98 Å². The third kappa shape index (κ3) is 1.88. The van der Waals surface area contributed by atoms with Crippen LogP contribution in [0.5, 0.6) is 5.75 Å². The quantitative estimate of drug-likeness (QED) is 0.711. The van der Waals surface area contributed by atoms with Crippen molar-refractivity contribution < 1.29 is 9.53 Å². The fourth-order valence-corrected chi connectivity index (χ4v) is 1.29. The van der Waals surface area contributed by atoms with Gasteiger partial charge in [0.1, 0.15) is 17.8 Å². The highest BCUT2D eigenvalue weighted by Gasteiger charge is 1.99. The maximum absolute atomic E-state index is 10.5. The van der Waals surface area contributed by atoms with Gasteiger partial charge in [0.15, 0.2) is 6.29 Å². The maximum Gasteiger partial charge on any atom is 0.170 e. The van der Waals surface area contributed by atoms with E-state index in [0.717, 1.165) is 17.7 Å². The van der Waals surface area contributed by atoms with Crippen LogP contribution in [-0.2, 0) is 0 Å². The summed E-state index contributed by atoms with van der Waals surface area (Å²) in [5, 5.41) is 0. The fraction of sp³-hybridized carbons (Fsp3) is 0.0909. The SMILES string of the molecule is COc1ccc(-n2cnc(C=O)c2)cc1. The number of carbonyl (C=O) groups is 1. The van der Waals surface area contributed by atoms with Crippen LogP contribution >= 0.6 is 0 Å². The molecule has 0 unspecified atom stereocenters. The second-order valence-electron chi connectivity index (χ2n) is 3.02. The first-order valence-electron chi connectivity index (χ1n) is 4.47. The van der Waals surface area contributed by atoms with E-state index in [9.17, 15) is 4.79 Å². The van der Waals surface area contributed by atoms with Gasteiger partial charge in [0, 0.05) is 11.9 Å². The van der Waals surface area contributed by atoms with Crippen molar-refractivity contribution in [3.05, 3.63) is 42.5 Å². The third-order valence-corrected chi connectivity index (χ3v) is 2.09. The van der Waals surface area contributed by atoms with E-state index in [-0.39, 0.29) is 0 Å². The Hall–Kier alpha value is -2.10. The van der Waals surface area contributed by atoms with Gasteiger partial charge in [-0.15, -0.1) is 0 Å². The van der Waals surface area contributed by atoms with E-state index in [0.29, 0.717) is 5.69 Å². The molecule has 2 rings (SSSR count). The number of carbonyl (C=O) groups excluding carboxylic acids is 1. The molecule has 0 aliphatic carbocycles. The second kappa shape index (κ2) is 3.96. The highest BCUT2D eigenvalue weighted by Crippen LogP contribution is 2.14. The summed E-state index contributed by atoms with van der Waals surface area (Å²) in [4.78, 5) is 14.4. The van der Waals surface area contributed by atoms with Crippen LogP contribution in [0.4, 0.5) is 0 Å². The zero-order valence-electron chi connectivity index (χ0n) is 8.25. The molecule has 0 amide bonds. The Morgan fingerprint density at radius 1 is 1.33 bits per heavy atom. The Labute approximate surface area is 87.1 Å². The number of nitrogens with zero attached hydrogens (tertiary/aromatic N) is 2. The topological polar surface area (TPSA) is 44.1 Å². The van der Waals surface area contributed by atoms with Crippen molar-refractivity contribution in [1.82, 2.24) is 9.55 Å². The van der Waals surface area contributed by atoms with Crippen molar-refractivity contribution in [2.75, 3.05) is 7.11 Å². The Kier molecular flexibility index (Phi) is 2.49. The molecule has 4 nitrogen and oxygen atoms in total. The molecule has 1 aromatic carbocycles. The predicted octanol–water partition coefficient (Wildman–Crippen LogP) is 1.69. The molecule has 0 radical (unpaired) electrons. The largest absolute Gasteiger partial charge is 0.497 e.